The number of anilines is 3. The zero-order valence-electron chi connectivity index (χ0n) is 19.0. The van der Waals surface area contributed by atoms with Gasteiger partial charge in [-0.1, -0.05) is 0 Å². The number of likely N-dealkylation sites (N-methyl/N-ethyl adjacent to an activating group) is 1. The van der Waals surface area contributed by atoms with Gasteiger partial charge in [-0.25, -0.2) is 19.2 Å². The van der Waals surface area contributed by atoms with Gasteiger partial charge in [0.15, 0.2) is 11.6 Å². The first-order chi connectivity index (χ1) is 16.2. The van der Waals surface area contributed by atoms with Crippen LogP contribution in [0.25, 0.3) is 21.9 Å². The lowest BCUT2D eigenvalue weighted by atomic mass is 10.00. The Morgan fingerprint density at radius 1 is 1.06 bits per heavy atom. The van der Waals surface area contributed by atoms with Crippen LogP contribution in [0.5, 0.6) is 0 Å². The number of amides is 1. The lowest BCUT2D eigenvalue weighted by Crippen LogP contribution is -2.29. The number of rotatable bonds is 3. The van der Waals surface area contributed by atoms with Gasteiger partial charge in [0.2, 0.25) is 5.91 Å². The van der Waals surface area contributed by atoms with Gasteiger partial charge in [-0.05, 0) is 24.4 Å². The minimum Gasteiger partial charge on any atom is -0.396 e. The van der Waals surface area contributed by atoms with E-state index in [1.54, 1.807) is 42.7 Å². The van der Waals surface area contributed by atoms with Gasteiger partial charge < -0.3 is 16.0 Å². The third-order valence-electron chi connectivity index (χ3n) is 6.31. The number of carbonyl (C=O) groups excluding carboxylic acids is 1. The van der Waals surface area contributed by atoms with Crippen LogP contribution >= 0.6 is 0 Å². The molecule has 0 saturated carbocycles. The second-order valence-corrected chi connectivity index (χ2v) is 8.41. The van der Waals surface area contributed by atoms with Crippen molar-refractivity contribution in [3.05, 3.63) is 58.3 Å². The van der Waals surface area contributed by atoms with Gasteiger partial charge in [-0.3, -0.25) is 14.0 Å². The largest absolute Gasteiger partial charge is 0.396 e. The number of hydrogen-bond acceptors (Lipinski definition) is 7. The summed E-state index contributed by atoms with van der Waals surface area (Å²) in [6.45, 7) is 2.54. The molecule has 3 aromatic heterocycles. The minimum atomic E-state index is -0.592. The summed E-state index contributed by atoms with van der Waals surface area (Å²) >= 11 is 0. The van der Waals surface area contributed by atoms with Crippen LogP contribution in [0.2, 0.25) is 0 Å². The molecule has 0 saturated heterocycles. The van der Waals surface area contributed by atoms with Gasteiger partial charge in [0, 0.05) is 73.4 Å². The lowest BCUT2D eigenvalue weighted by molar-refractivity contribution is -0.130. The molecule has 0 radical (unpaired) electrons. The summed E-state index contributed by atoms with van der Waals surface area (Å²) in [5.41, 5.74) is 7.91. The molecule has 1 aliphatic rings. The highest BCUT2D eigenvalue weighted by Crippen LogP contribution is 2.35. The summed E-state index contributed by atoms with van der Waals surface area (Å²) in [5.74, 6) is 0.473. The summed E-state index contributed by atoms with van der Waals surface area (Å²) in [6.07, 6.45) is 3.57. The molecule has 0 aliphatic carbocycles. The van der Waals surface area contributed by atoms with E-state index in [4.69, 9.17) is 5.73 Å². The van der Waals surface area contributed by atoms with Crippen molar-refractivity contribution >= 4 is 34.0 Å². The molecule has 1 aliphatic heterocycles. The molecule has 3 N–H and O–H groups in total. The molecule has 0 spiro atoms. The Hall–Kier alpha value is -4.28. The average molecular weight is 462 g/mol. The lowest BCUT2D eigenvalue weighted by Gasteiger charge is -2.14. The van der Waals surface area contributed by atoms with Gasteiger partial charge >= 0.3 is 5.69 Å². The van der Waals surface area contributed by atoms with Crippen molar-refractivity contribution in [2.45, 2.75) is 19.9 Å². The van der Waals surface area contributed by atoms with Gasteiger partial charge in [-0.2, -0.15) is 5.10 Å². The summed E-state index contributed by atoms with van der Waals surface area (Å²) in [6, 6.07) is 5.31. The van der Waals surface area contributed by atoms with Crippen molar-refractivity contribution in [2.75, 3.05) is 24.6 Å². The van der Waals surface area contributed by atoms with Crippen molar-refractivity contribution < 1.29 is 9.18 Å². The van der Waals surface area contributed by atoms with Crippen LogP contribution in [0.15, 0.2) is 35.4 Å². The van der Waals surface area contributed by atoms with Crippen molar-refractivity contribution in [1.82, 2.24) is 29.2 Å². The molecule has 1 aromatic carbocycles. The predicted octanol–water partition coefficient (Wildman–Crippen LogP) is 1.98. The van der Waals surface area contributed by atoms with E-state index in [-0.39, 0.29) is 23.7 Å². The van der Waals surface area contributed by atoms with Crippen molar-refractivity contribution in [2.24, 2.45) is 7.05 Å². The van der Waals surface area contributed by atoms with Crippen LogP contribution in [-0.2, 0) is 24.8 Å². The van der Waals surface area contributed by atoms with E-state index in [2.05, 4.69) is 20.4 Å². The number of carbonyl (C=O) groups is 1. The number of nitrogens with two attached hydrogens (primary N) is 1. The van der Waals surface area contributed by atoms with E-state index < -0.39 is 11.5 Å². The Morgan fingerprint density at radius 2 is 1.85 bits per heavy atom. The van der Waals surface area contributed by atoms with Crippen molar-refractivity contribution in [3.63, 3.8) is 0 Å². The first-order valence-corrected chi connectivity index (χ1v) is 10.7. The van der Waals surface area contributed by atoms with Crippen LogP contribution in [0.3, 0.4) is 0 Å². The highest BCUT2D eigenvalue weighted by molar-refractivity contribution is 5.98. The zero-order valence-corrected chi connectivity index (χ0v) is 19.0. The topological polar surface area (TPSA) is 124 Å². The normalized spacial score (nSPS) is 13.8. The van der Waals surface area contributed by atoms with Crippen LogP contribution in [0.4, 0.5) is 21.7 Å². The third-order valence-corrected chi connectivity index (χ3v) is 6.31. The molecular weight excluding hydrogens is 439 g/mol. The standard InChI is InChI=1S/C23H23FN8O2/c1-12-16(9-27-23(34)31(12)3)15-6-13-7-18(26-10-17(13)22(25)21(15)24)28-19-8-14-4-5-30(2)20(33)11-32(14)29-19/h6-10H,4-5,11,25H2,1-3H3,(H,26,28,29). The molecule has 4 heterocycles. The van der Waals surface area contributed by atoms with Gasteiger partial charge in [0.05, 0.1) is 5.69 Å². The number of aromatic nitrogens is 5. The molecule has 1 amide bonds. The molecule has 4 aromatic rings. The Balaban J connectivity index is 1.53. The Morgan fingerprint density at radius 3 is 2.65 bits per heavy atom. The third kappa shape index (κ3) is 3.54. The summed E-state index contributed by atoms with van der Waals surface area (Å²) in [7, 11) is 3.36. The highest BCUT2D eigenvalue weighted by Gasteiger charge is 2.20. The fourth-order valence-corrected chi connectivity index (χ4v) is 4.09. The number of fused-ring (bicyclic) bond motifs is 2. The fourth-order valence-electron chi connectivity index (χ4n) is 4.09. The molecule has 5 rings (SSSR count). The maximum Gasteiger partial charge on any atom is 0.347 e. The van der Waals surface area contributed by atoms with Crippen LogP contribution < -0.4 is 16.7 Å². The Labute approximate surface area is 193 Å². The summed E-state index contributed by atoms with van der Waals surface area (Å²) < 4.78 is 18.2. The minimum absolute atomic E-state index is 0.00505. The molecule has 11 heteroatoms. The number of benzene rings is 1. The van der Waals surface area contributed by atoms with E-state index in [9.17, 15) is 9.59 Å². The molecule has 174 valence electrons. The van der Waals surface area contributed by atoms with Gasteiger partial charge in [0.1, 0.15) is 12.4 Å². The zero-order chi connectivity index (χ0) is 24.1. The number of pyridine rings is 1. The number of halogens is 1. The van der Waals surface area contributed by atoms with E-state index in [0.717, 1.165) is 5.69 Å². The predicted molar refractivity (Wildman–Crippen MR) is 126 cm³/mol. The molecule has 10 nitrogen and oxygen atoms in total. The first kappa shape index (κ1) is 21.6. The maximum absolute atomic E-state index is 15.2. The second-order valence-electron chi connectivity index (χ2n) is 8.41. The first-order valence-electron chi connectivity index (χ1n) is 10.7. The maximum atomic E-state index is 15.2. The smallest absolute Gasteiger partial charge is 0.347 e. The van der Waals surface area contributed by atoms with Crippen LogP contribution in [-0.4, -0.2) is 48.7 Å². The number of nitrogens with zero attached hydrogens (tertiary/aromatic N) is 6. The van der Waals surface area contributed by atoms with Gasteiger partial charge in [0.25, 0.3) is 0 Å². The number of nitrogen functional groups attached to an aromatic ring is 1. The number of hydrogen-bond donors (Lipinski definition) is 2. The molecule has 34 heavy (non-hydrogen) atoms. The molecular formula is C23H23FN8O2. The summed E-state index contributed by atoms with van der Waals surface area (Å²) in [5, 5.41) is 8.78. The Bertz CT molecular complexity index is 1520. The Kier molecular flexibility index (Phi) is 5.03. The SMILES string of the molecule is Cc1c(-c2cc3cc(Nc4cc5n(n4)CC(=O)N(C)CC5)ncc3c(N)c2F)cnc(=O)n1C. The summed E-state index contributed by atoms with van der Waals surface area (Å²) in [4.78, 5) is 33.8. The second kappa shape index (κ2) is 7.94. The fraction of sp³-hybridized carbons (Fsp3) is 0.261. The number of nitrogens with one attached hydrogen (secondary N) is 1. The average Bonchev–Trinajstić information content (AvgIpc) is 3.13. The van der Waals surface area contributed by atoms with E-state index in [0.29, 0.717) is 46.6 Å². The molecule has 0 bridgehead atoms. The van der Waals surface area contributed by atoms with Crippen molar-refractivity contribution in [1.29, 1.82) is 0 Å². The van der Waals surface area contributed by atoms with Crippen LogP contribution in [0.1, 0.15) is 11.4 Å². The monoisotopic (exact) mass is 462 g/mol. The molecule has 0 atom stereocenters. The highest BCUT2D eigenvalue weighted by atomic mass is 19.1. The van der Waals surface area contributed by atoms with Crippen LogP contribution in [0, 0.1) is 12.7 Å². The molecule has 0 unspecified atom stereocenters. The van der Waals surface area contributed by atoms with E-state index >= 15 is 4.39 Å². The van der Waals surface area contributed by atoms with Crippen molar-refractivity contribution in [3.8, 4) is 11.1 Å². The molecule has 0 fully saturated rings. The van der Waals surface area contributed by atoms with E-state index in [1.165, 1.54) is 17.0 Å². The van der Waals surface area contributed by atoms with Gasteiger partial charge in [-0.15, -0.1) is 0 Å². The quantitative estimate of drug-likeness (QED) is 0.446. The van der Waals surface area contributed by atoms with E-state index in [1.807, 2.05) is 6.07 Å².